The van der Waals surface area contributed by atoms with Crippen LogP contribution in [-0.4, -0.2) is 23.0 Å². The molecule has 2 unspecified atom stereocenters. The normalized spacial score (nSPS) is 26.8. The molecule has 2 bridgehead atoms. The maximum atomic E-state index is 13.5. The van der Waals surface area contributed by atoms with Gasteiger partial charge in [0.2, 0.25) is 0 Å². The Kier molecular flexibility index (Phi) is 2.10. The standard InChI is InChI=1S/C14H14ClFN2/c1-18-7-2-3-13(18)14-8-5-9(15)10(16)6-11(8)17-12(14)4-7/h5-7,13,17H,2-4H2,1H3. The van der Waals surface area contributed by atoms with E-state index < -0.39 is 0 Å². The van der Waals surface area contributed by atoms with Crippen molar-refractivity contribution in [2.75, 3.05) is 7.05 Å². The number of H-pyrrole nitrogens is 1. The molecule has 2 nitrogen and oxygen atoms in total. The highest BCUT2D eigenvalue weighted by Crippen LogP contribution is 2.45. The van der Waals surface area contributed by atoms with E-state index in [9.17, 15) is 4.39 Å². The van der Waals surface area contributed by atoms with Crippen molar-refractivity contribution in [3.8, 4) is 0 Å². The number of nitrogens with zero attached hydrogens (tertiary/aromatic N) is 1. The second kappa shape index (κ2) is 3.49. The molecule has 0 spiro atoms. The molecule has 1 aromatic heterocycles. The van der Waals surface area contributed by atoms with E-state index in [1.54, 1.807) is 6.07 Å². The van der Waals surface area contributed by atoms with Crippen LogP contribution in [0.4, 0.5) is 4.39 Å². The largest absolute Gasteiger partial charge is 0.358 e. The van der Waals surface area contributed by atoms with Crippen molar-refractivity contribution in [1.82, 2.24) is 9.88 Å². The number of aromatic nitrogens is 1. The summed E-state index contributed by atoms with van der Waals surface area (Å²) in [5.74, 6) is -0.346. The number of halogens is 2. The van der Waals surface area contributed by atoms with Gasteiger partial charge in [0.15, 0.2) is 0 Å². The molecule has 0 radical (unpaired) electrons. The lowest BCUT2D eigenvalue weighted by Gasteiger charge is -2.31. The van der Waals surface area contributed by atoms with Crippen molar-refractivity contribution in [3.05, 3.63) is 34.2 Å². The van der Waals surface area contributed by atoms with E-state index in [0.717, 1.165) is 17.3 Å². The van der Waals surface area contributed by atoms with Crippen molar-refractivity contribution >= 4 is 22.5 Å². The molecule has 18 heavy (non-hydrogen) atoms. The van der Waals surface area contributed by atoms with Crippen molar-refractivity contribution < 1.29 is 4.39 Å². The van der Waals surface area contributed by atoms with E-state index in [1.807, 2.05) is 0 Å². The van der Waals surface area contributed by atoms with Crippen LogP contribution in [0.15, 0.2) is 12.1 Å². The van der Waals surface area contributed by atoms with Gasteiger partial charge in [-0.3, -0.25) is 4.90 Å². The Morgan fingerprint density at radius 1 is 1.39 bits per heavy atom. The maximum absolute atomic E-state index is 13.5. The average molecular weight is 265 g/mol. The predicted octanol–water partition coefficient (Wildman–Crippen LogP) is 3.65. The summed E-state index contributed by atoms with van der Waals surface area (Å²) in [5, 5.41) is 1.31. The molecule has 3 heterocycles. The minimum absolute atomic E-state index is 0.215. The molecule has 1 aromatic carbocycles. The summed E-state index contributed by atoms with van der Waals surface area (Å²) in [6.45, 7) is 0. The van der Waals surface area contributed by atoms with Crippen LogP contribution in [0, 0.1) is 5.82 Å². The highest BCUT2D eigenvalue weighted by Gasteiger charge is 2.39. The number of rotatable bonds is 0. The van der Waals surface area contributed by atoms with Crippen molar-refractivity contribution in [2.45, 2.75) is 31.3 Å². The minimum atomic E-state index is -0.346. The molecular weight excluding hydrogens is 251 g/mol. The Morgan fingerprint density at radius 2 is 2.22 bits per heavy atom. The first-order chi connectivity index (χ1) is 8.65. The first kappa shape index (κ1) is 10.8. The van der Waals surface area contributed by atoms with Crippen LogP contribution in [0.25, 0.3) is 10.9 Å². The van der Waals surface area contributed by atoms with E-state index >= 15 is 0 Å². The SMILES string of the molecule is CN1C2CCC1c1c([nH]c3cc(F)c(Cl)cc13)C2. The third-order valence-corrected chi connectivity index (χ3v) is 4.86. The topological polar surface area (TPSA) is 19.0 Å². The van der Waals surface area contributed by atoms with Crippen molar-refractivity contribution in [2.24, 2.45) is 0 Å². The fourth-order valence-electron chi connectivity index (χ4n) is 3.65. The van der Waals surface area contributed by atoms with Gasteiger partial charge in [0.05, 0.1) is 5.02 Å². The Labute approximate surface area is 110 Å². The van der Waals surface area contributed by atoms with Gasteiger partial charge in [0.25, 0.3) is 0 Å². The maximum Gasteiger partial charge on any atom is 0.143 e. The lowest BCUT2D eigenvalue weighted by atomic mass is 9.97. The summed E-state index contributed by atoms with van der Waals surface area (Å²) in [6, 6.07) is 4.39. The van der Waals surface area contributed by atoms with Crippen LogP contribution in [-0.2, 0) is 6.42 Å². The van der Waals surface area contributed by atoms with Gasteiger partial charge < -0.3 is 4.98 Å². The lowest BCUT2D eigenvalue weighted by molar-refractivity contribution is 0.224. The molecule has 2 aliphatic heterocycles. The van der Waals surface area contributed by atoms with Crippen LogP contribution < -0.4 is 0 Å². The molecule has 4 heteroatoms. The molecule has 2 aromatic rings. The van der Waals surface area contributed by atoms with Gasteiger partial charge in [0, 0.05) is 35.1 Å². The minimum Gasteiger partial charge on any atom is -0.358 e. The molecule has 94 valence electrons. The summed E-state index contributed by atoms with van der Waals surface area (Å²) in [6.07, 6.45) is 3.48. The van der Waals surface area contributed by atoms with Gasteiger partial charge >= 0.3 is 0 Å². The van der Waals surface area contributed by atoms with Gasteiger partial charge in [-0.25, -0.2) is 4.39 Å². The van der Waals surface area contributed by atoms with Crippen LogP contribution in [0.2, 0.25) is 5.02 Å². The molecule has 2 aliphatic rings. The van der Waals surface area contributed by atoms with Crippen LogP contribution in [0.5, 0.6) is 0 Å². The summed E-state index contributed by atoms with van der Waals surface area (Å²) in [4.78, 5) is 5.83. The first-order valence-electron chi connectivity index (χ1n) is 6.36. The highest BCUT2D eigenvalue weighted by molar-refractivity contribution is 6.31. The molecule has 1 saturated heterocycles. The molecule has 0 amide bonds. The molecule has 0 aliphatic carbocycles. The number of aromatic amines is 1. The molecule has 4 rings (SSSR count). The van der Waals surface area contributed by atoms with Gasteiger partial charge in [-0.15, -0.1) is 0 Å². The summed E-state index contributed by atoms with van der Waals surface area (Å²) in [7, 11) is 2.19. The monoisotopic (exact) mass is 264 g/mol. The Morgan fingerprint density at radius 3 is 3.06 bits per heavy atom. The molecule has 2 atom stereocenters. The van der Waals surface area contributed by atoms with Crippen LogP contribution in [0.1, 0.15) is 30.1 Å². The van der Waals surface area contributed by atoms with Gasteiger partial charge in [-0.2, -0.15) is 0 Å². The summed E-state index contributed by atoms with van der Waals surface area (Å²) >= 11 is 5.92. The smallest absolute Gasteiger partial charge is 0.143 e. The molecule has 1 fully saturated rings. The first-order valence-corrected chi connectivity index (χ1v) is 6.74. The molecular formula is C14H14ClFN2. The van der Waals surface area contributed by atoms with E-state index in [1.165, 1.54) is 30.2 Å². The number of hydrogen-bond acceptors (Lipinski definition) is 1. The zero-order chi connectivity index (χ0) is 12.4. The molecule has 0 saturated carbocycles. The number of benzene rings is 1. The Hall–Kier alpha value is -1.06. The lowest BCUT2D eigenvalue weighted by Crippen LogP contribution is -2.33. The van der Waals surface area contributed by atoms with Crippen LogP contribution in [0.3, 0.4) is 0 Å². The highest BCUT2D eigenvalue weighted by atomic mass is 35.5. The van der Waals surface area contributed by atoms with E-state index in [-0.39, 0.29) is 10.8 Å². The summed E-state index contributed by atoms with van der Waals surface area (Å²) in [5.41, 5.74) is 3.49. The second-order valence-electron chi connectivity index (χ2n) is 5.45. The van der Waals surface area contributed by atoms with E-state index in [0.29, 0.717) is 12.1 Å². The van der Waals surface area contributed by atoms with E-state index in [4.69, 9.17) is 11.6 Å². The van der Waals surface area contributed by atoms with Crippen molar-refractivity contribution in [1.29, 1.82) is 0 Å². The quantitative estimate of drug-likeness (QED) is 0.770. The van der Waals surface area contributed by atoms with Crippen LogP contribution >= 0.6 is 11.6 Å². The third-order valence-electron chi connectivity index (χ3n) is 4.58. The van der Waals surface area contributed by atoms with Crippen molar-refractivity contribution in [3.63, 3.8) is 0 Å². The zero-order valence-electron chi connectivity index (χ0n) is 10.1. The van der Waals surface area contributed by atoms with E-state index in [2.05, 4.69) is 16.9 Å². The number of fused-ring (bicyclic) bond motifs is 6. The second-order valence-corrected chi connectivity index (χ2v) is 5.85. The predicted molar refractivity (Wildman–Crippen MR) is 70.5 cm³/mol. The Bertz CT molecular complexity index is 649. The Balaban J connectivity index is 2.01. The average Bonchev–Trinajstić information content (AvgIpc) is 2.77. The summed E-state index contributed by atoms with van der Waals surface area (Å²) < 4.78 is 13.5. The van der Waals surface area contributed by atoms with Gasteiger partial charge in [-0.05, 0) is 37.6 Å². The number of nitrogens with one attached hydrogen (secondary N) is 1. The fraction of sp³-hybridized carbons (Fsp3) is 0.429. The van der Waals surface area contributed by atoms with Gasteiger partial charge in [0.1, 0.15) is 5.82 Å². The number of hydrogen-bond donors (Lipinski definition) is 1. The van der Waals surface area contributed by atoms with Gasteiger partial charge in [-0.1, -0.05) is 11.6 Å². The third kappa shape index (κ3) is 1.26. The number of likely N-dealkylation sites (N-methyl/N-ethyl adjacent to an activating group) is 1. The fourth-order valence-corrected chi connectivity index (χ4v) is 3.81. The zero-order valence-corrected chi connectivity index (χ0v) is 10.9. The molecule has 1 N–H and O–H groups in total.